The third kappa shape index (κ3) is 6.39. The molecular weight excluding hydrogens is 219 g/mol. The van der Waals surface area contributed by atoms with Crippen LogP contribution in [0.15, 0.2) is 10.2 Å². The van der Waals surface area contributed by atoms with Crippen molar-refractivity contribution in [1.29, 1.82) is 0 Å². The molecule has 0 radical (unpaired) electrons. The van der Waals surface area contributed by atoms with Gasteiger partial charge >= 0.3 is 0 Å². The van der Waals surface area contributed by atoms with E-state index in [9.17, 15) is 0 Å². The summed E-state index contributed by atoms with van der Waals surface area (Å²) in [5, 5.41) is 8.21. The molecule has 0 aliphatic carbocycles. The number of halogens is 1. The maximum Gasteiger partial charge on any atom is 0.0701 e. The Kier molecular flexibility index (Phi) is 7.75. The van der Waals surface area contributed by atoms with Crippen molar-refractivity contribution in [3.8, 4) is 0 Å². The maximum atomic E-state index is 8.21. The van der Waals surface area contributed by atoms with E-state index in [2.05, 4.69) is 22.6 Å². The summed E-state index contributed by atoms with van der Waals surface area (Å²) < 4.78 is 6.77. The molecule has 0 amide bonds. The van der Waals surface area contributed by atoms with Gasteiger partial charge in [0, 0.05) is 0 Å². The van der Waals surface area contributed by atoms with Crippen molar-refractivity contribution in [2.75, 3.05) is 19.8 Å². The number of hydrogen-bond acceptors (Lipinski definition) is 2. The van der Waals surface area contributed by atoms with Crippen molar-refractivity contribution < 1.29 is 9.84 Å². The summed E-state index contributed by atoms with van der Waals surface area (Å²) in [4.78, 5) is 0. The second-order valence-electron chi connectivity index (χ2n) is 1.16. The topological polar surface area (TPSA) is 29.5 Å². The van der Waals surface area contributed by atoms with Crippen LogP contribution in [0.5, 0.6) is 0 Å². The minimum Gasteiger partial charge on any atom is -0.394 e. The number of hydrogen-bond donors (Lipinski definition) is 1. The predicted octanol–water partition coefficient (Wildman–Crippen LogP) is 0.944. The lowest BCUT2D eigenvalue weighted by molar-refractivity contribution is 0.112. The third-order valence-corrected chi connectivity index (χ3v) is 1.05. The highest BCUT2D eigenvalue weighted by Crippen LogP contribution is 1.83. The van der Waals surface area contributed by atoms with E-state index in [0.717, 1.165) is 0 Å². The Morgan fingerprint density at radius 2 is 2.38 bits per heavy atom. The van der Waals surface area contributed by atoms with Crippen LogP contribution in [0.4, 0.5) is 0 Å². The Balaban J connectivity index is 2.72. The van der Waals surface area contributed by atoms with Gasteiger partial charge in [-0.05, 0) is 4.08 Å². The normalized spacial score (nSPS) is 10.8. The van der Waals surface area contributed by atoms with Crippen LogP contribution in [0.1, 0.15) is 0 Å². The van der Waals surface area contributed by atoms with Crippen molar-refractivity contribution in [3.63, 3.8) is 0 Å². The van der Waals surface area contributed by atoms with E-state index in [1.165, 1.54) is 0 Å². The van der Waals surface area contributed by atoms with E-state index in [1.54, 1.807) is 0 Å². The highest BCUT2D eigenvalue weighted by Gasteiger charge is 1.77. The van der Waals surface area contributed by atoms with E-state index >= 15 is 0 Å². The summed E-state index contributed by atoms with van der Waals surface area (Å²) in [7, 11) is 0. The Hall–Kier alpha value is 0.390. The van der Waals surface area contributed by atoms with Crippen molar-refractivity contribution >= 4 is 22.6 Å². The summed E-state index contributed by atoms with van der Waals surface area (Å²) in [6.07, 6.45) is 1.89. The van der Waals surface area contributed by atoms with Crippen LogP contribution in [0.2, 0.25) is 0 Å². The molecule has 2 nitrogen and oxygen atoms in total. The van der Waals surface area contributed by atoms with Gasteiger partial charge in [0.05, 0.1) is 19.8 Å². The maximum absolute atomic E-state index is 8.21. The standard InChI is InChI=1S/C5H9IO2/c6-2-1-4-8-5-3-7/h1-2,7H,3-5H2. The first-order chi connectivity index (χ1) is 3.91. The first-order valence-corrected chi connectivity index (χ1v) is 3.60. The molecule has 1 N–H and O–H groups in total. The molecule has 0 heterocycles. The van der Waals surface area contributed by atoms with Crippen LogP contribution in [0.25, 0.3) is 0 Å². The second-order valence-corrected chi connectivity index (χ2v) is 1.88. The van der Waals surface area contributed by atoms with E-state index < -0.39 is 0 Å². The van der Waals surface area contributed by atoms with Crippen molar-refractivity contribution in [1.82, 2.24) is 0 Å². The number of rotatable bonds is 4. The quantitative estimate of drug-likeness (QED) is 0.573. The molecule has 0 saturated carbocycles. The summed E-state index contributed by atoms with van der Waals surface area (Å²) in [6.45, 7) is 1.14. The van der Waals surface area contributed by atoms with Gasteiger partial charge in [0.2, 0.25) is 0 Å². The average Bonchev–Trinajstić information content (AvgIpc) is 1.81. The predicted molar refractivity (Wildman–Crippen MR) is 41.1 cm³/mol. The van der Waals surface area contributed by atoms with Crippen LogP contribution in [-0.2, 0) is 4.74 Å². The number of ether oxygens (including phenoxy) is 1. The van der Waals surface area contributed by atoms with Gasteiger partial charge in [-0.2, -0.15) is 0 Å². The van der Waals surface area contributed by atoms with Gasteiger partial charge < -0.3 is 9.84 Å². The van der Waals surface area contributed by atoms with Crippen LogP contribution in [0.3, 0.4) is 0 Å². The molecular formula is C5H9IO2. The fourth-order valence-electron chi connectivity index (χ4n) is 0.252. The Morgan fingerprint density at radius 1 is 1.62 bits per heavy atom. The zero-order chi connectivity index (χ0) is 6.24. The van der Waals surface area contributed by atoms with Gasteiger partial charge in [0.15, 0.2) is 0 Å². The smallest absolute Gasteiger partial charge is 0.0701 e. The molecule has 0 aromatic heterocycles. The minimum atomic E-state index is 0.106. The Morgan fingerprint density at radius 3 is 2.88 bits per heavy atom. The van der Waals surface area contributed by atoms with Crippen molar-refractivity contribution in [3.05, 3.63) is 10.2 Å². The van der Waals surface area contributed by atoms with Gasteiger partial charge in [-0.15, -0.1) is 0 Å². The molecule has 0 atom stereocenters. The largest absolute Gasteiger partial charge is 0.394 e. The molecule has 0 rings (SSSR count). The molecule has 0 unspecified atom stereocenters. The first kappa shape index (κ1) is 8.39. The lowest BCUT2D eigenvalue weighted by atomic mass is 10.7. The summed E-state index contributed by atoms with van der Waals surface area (Å²) in [6, 6.07) is 0. The van der Waals surface area contributed by atoms with Crippen LogP contribution >= 0.6 is 22.6 Å². The number of aliphatic hydroxyl groups excluding tert-OH is 1. The molecule has 0 aromatic rings. The molecule has 0 saturated heterocycles. The molecule has 0 bridgehead atoms. The van der Waals surface area contributed by atoms with E-state index in [0.29, 0.717) is 13.2 Å². The summed E-state index contributed by atoms with van der Waals surface area (Å²) in [5.74, 6) is 0. The van der Waals surface area contributed by atoms with Crippen LogP contribution in [-0.4, -0.2) is 24.9 Å². The summed E-state index contributed by atoms with van der Waals surface area (Å²) >= 11 is 2.12. The first-order valence-electron chi connectivity index (χ1n) is 2.35. The molecule has 0 spiro atoms. The SMILES string of the molecule is OCCOCC=CI. The van der Waals surface area contributed by atoms with Gasteiger partial charge in [0.1, 0.15) is 0 Å². The molecule has 0 aliphatic rings. The van der Waals surface area contributed by atoms with Gasteiger partial charge in [-0.1, -0.05) is 28.7 Å². The highest BCUT2D eigenvalue weighted by atomic mass is 127. The van der Waals surface area contributed by atoms with E-state index in [-0.39, 0.29) is 6.61 Å². The van der Waals surface area contributed by atoms with Gasteiger partial charge in [0.25, 0.3) is 0 Å². The summed E-state index contributed by atoms with van der Waals surface area (Å²) in [5.41, 5.74) is 0. The van der Waals surface area contributed by atoms with Gasteiger partial charge in [-0.3, -0.25) is 0 Å². The molecule has 0 fully saturated rings. The van der Waals surface area contributed by atoms with Crippen LogP contribution < -0.4 is 0 Å². The number of aliphatic hydroxyl groups is 1. The Bertz CT molecular complexity index is 63.4. The van der Waals surface area contributed by atoms with E-state index in [4.69, 9.17) is 9.84 Å². The van der Waals surface area contributed by atoms with Gasteiger partial charge in [-0.25, -0.2) is 0 Å². The third-order valence-electron chi connectivity index (χ3n) is 0.539. The molecule has 48 valence electrons. The zero-order valence-electron chi connectivity index (χ0n) is 4.51. The lowest BCUT2D eigenvalue weighted by Gasteiger charge is -1.93. The Labute approximate surface area is 62.7 Å². The molecule has 0 aromatic carbocycles. The minimum absolute atomic E-state index is 0.106. The van der Waals surface area contributed by atoms with Crippen LogP contribution in [0, 0.1) is 0 Å². The molecule has 8 heavy (non-hydrogen) atoms. The lowest BCUT2D eigenvalue weighted by Crippen LogP contribution is -1.97. The van der Waals surface area contributed by atoms with E-state index in [1.807, 2.05) is 10.2 Å². The van der Waals surface area contributed by atoms with Crippen molar-refractivity contribution in [2.24, 2.45) is 0 Å². The second kappa shape index (κ2) is 7.39. The monoisotopic (exact) mass is 228 g/mol. The fourth-order valence-corrected chi connectivity index (χ4v) is 0.460. The van der Waals surface area contributed by atoms with Crippen molar-refractivity contribution in [2.45, 2.75) is 0 Å². The highest BCUT2D eigenvalue weighted by molar-refractivity contribution is 14.1. The fraction of sp³-hybridized carbons (Fsp3) is 0.600. The molecule has 3 heteroatoms. The average molecular weight is 228 g/mol. The zero-order valence-corrected chi connectivity index (χ0v) is 6.67. The molecule has 0 aliphatic heterocycles.